The van der Waals surface area contributed by atoms with E-state index in [1.54, 1.807) is 23.9 Å². The zero-order valence-corrected chi connectivity index (χ0v) is 23.2. The van der Waals surface area contributed by atoms with Crippen molar-refractivity contribution in [3.63, 3.8) is 0 Å². The van der Waals surface area contributed by atoms with Crippen LogP contribution in [-0.2, 0) is 11.3 Å². The van der Waals surface area contributed by atoms with Gasteiger partial charge in [0.25, 0.3) is 0 Å². The van der Waals surface area contributed by atoms with Crippen LogP contribution >= 0.6 is 11.3 Å². The van der Waals surface area contributed by atoms with Crippen molar-refractivity contribution in [2.75, 3.05) is 38.2 Å². The van der Waals surface area contributed by atoms with Gasteiger partial charge < -0.3 is 14.8 Å². The minimum absolute atomic E-state index is 0.391. The van der Waals surface area contributed by atoms with Crippen molar-refractivity contribution < 1.29 is 9.47 Å². The third kappa shape index (κ3) is 4.99. The highest BCUT2D eigenvalue weighted by molar-refractivity contribution is 7.19. The zero-order chi connectivity index (χ0) is 26.2. The van der Waals surface area contributed by atoms with Crippen LogP contribution in [0.15, 0.2) is 42.9 Å². The number of fused-ring (bicyclic) bond motifs is 3. The van der Waals surface area contributed by atoms with Crippen molar-refractivity contribution in [2.24, 2.45) is 0 Å². The van der Waals surface area contributed by atoms with E-state index >= 15 is 0 Å². The Hall–Kier alpha value is -3.11. The summed E-state index contributed by atoms with van der Waals surface area (Å²) >= 11 is 1.80. The van der Waals surface area contributed by atoms with Gasteiger partial charge in [-0.15, -0.1) is 11.3 Å². The van der Waals surface area contributed by atoms with Gasteiger partial charge in [0, 0.05) is 42.4 Å². The average Bonchev–Trinajstić information content (AvgIpc) is 3.31. The number of aryl methyl sites for hydroxylation is 2. The van der Waals surface area contributed by atoms with Crippen LogP contribution in [0.5, 0.6) is 11.5 Å². The van der Waals surface area contributed by atoms with E-state index in [-0.39, 0.29) is 0 Å². The number of ether oxygens (including phenoxy) is 2. The van der Waals surface area contributed by atoms with E-state index in [1.165, 1.54) is 10.4 Å². The first-order valence-corrected chi connectivity index (χ1v) is 14.1. The Labute approximate surface area is 227 Å². The summed E-state index contributed by atoms with van der Waals surface area (Å²) in [5.41, 5.74) is 4.37. The molecule has 2 aliphatic rings. The van der Waals surface area contributed by atoms with E-state index < -0.39 is 0 Å². The van der Waals surface area contributed by atoms with E-state index in [0.717, 1.165) is 83.9 Å². The molecule has 0 amide bonds. The van der Waals surface area contributed by atoms with Gasteiger partial charge in [0.2, 0.25) is 0 Å². The quantitative estimate of drug-likeness (QED) is 0.333. The molecule has 2 aliphatic heterocycles. The Morgan fingerprint density at radius 2 is 1.92 bits per heavy atom. The van der Waals surface area contributed by atoms with Crippen LogP contribution in [0.25, 0.3) is 10.2 Å². The first kappa shape index (κ1) is 25.2. The largest absolute Gasteiger partial charge is 0.455 e. The van der Waals surface area contributed by atoms with Gasteiger partial charge in [-0.2, -0.15) is 0 Å². The SMILES string of the molecule is Cc1ccc(Oc2ccc(Nc3ncnc4sc5c(c34)C(C)CN(C(C)N3CCOCC3)C5)cc2C)cn1. The number of nitrogens with zero attached hydrogens (tertiary/aromatic N) is 5. The van der Waals surface area contributed by atoms with E-state index in [4.69, 9.17) is 9.47 Å². The van der Waals surface area contributed by atoms with Gasteiger partial charge in [-0.25, -0.2) is 9.97 Å². The Morgan fingerprint density at radius 1 is 1.08 bits per heavy atom. The van der Waals surface area contributed by atoms with Gasteiger partial charge in [0.15, 0.2) is 0 Å². The minimum Gasteiger partial charge on any atom is -0.455 e. The van der Waals surface area contributed by atoms with Gasteiger partial charge in [-0.1, -0.05) is 6.92 Å². The molecule has 3 aromatic heterocycles. The molecule has 38 heavy (non-hydrogen) atoms. The molecule has 1 saturated heterocycles. The summed E-state index contributed by atoms with van der Waals surface area (Å²) in [5.74, 6) is 2.80. The predicted octanol–water partition coefficient (Wildman–Crippen LogP) is 5.84. The van der Waals surface area contributed by atoms with Crippen LogP contribution in [0.4, 0.5) is 11.5 Å². The van der Waals surface area contributed by atoms with Gasteiger partial charge in [0.1, 0.15) is 28.5 Å². The molecule has 2 atom stereocenters. The van der Waals surface area contributed by atoms with Crippen LogP contribution < -0.4 is 10.1 Å². The number of benzene rings is 1. The number of thiophene rings is 1. The summed E-state index contributed by atoms with van der Waals surface area (Å²) in [6.07, 6.45) is 3.81. The number of nitrogens with one attached hydrogen (secondary N) is 1. The third-order valence-electron chi connectivity index (χ3n) is 7.60. The fourth-order valence-electron chi connectivity index (χ4n) is 5.51. The molecular weight excluding hydrogens is 496 g/mol. The molecule has 5 heterocycles. The van der Waals surface area contributed by atoms with Crippen molar-refractivity contribution in [2.45, 2.75) is 46.3 Å². The second-order valence-corrected chi connectivity index (χ2v) is 11.4. The van der Waals surface area contributed by atoms with Crippen molar-refractivity contribution >= 4 is 33.1 Å². The number of hydrogen-bond acceptors (Lipinski definition) is 9. The molecule has 1 aromatic carbocycles. The number of morpholine rings is 1. The lowest BCUT2D eigenvalue weighted by atomic mass is 9.94. The molecule has 9 heteroatoms. The molecule has 198 valence electrons. The van der Waals surface area contributed by atoms with Gasteiger partial charge in [-0.3, -0.25) is 14.8 Å². The Bertz CT molecular complexity index is 1430. The number of aromatic nitrogens is 3. The molecule has 0 radical (unpaired) electrons. The molecule has 8 nitrogen and oxygen atoms in total. The normalized spacial score (nSPS) is 19.3. The standard InChI is InChI=1S/C29H34N6O2S/c1-18-13-22(6-8-24(18)37-23-7-5-20(3)30-14-23)33-28-27-26-19(2)15-35(21(4)34-9-11-36-12-10-34)16-25(26)38-29(27)32-17-31-28/h5-8,13-14,17,19,21H,9-12,15-16H2,1-4H3,(H,31,32,33). The molecule has 0 bridgehead atoms. The molecule has 1 N–H and O–H groups in total. The maximum Gasteiger partial charge on any atom is 0.145 e. The van der Waals surface area contributed by atoms with Crippen molar-refractivity contribution in [1.29, 1.82) is 0 Å². The lowest BCUT2D eigenvalue weighted by molar-refractivity contribution is -0.0322. The zero-order valence-electron chi connectivity index (χ0n) is 22.4. The summed E-state index contributed by atoms with van der Waals surface area (Å²) in [4.78, 5) is 21.2. The maximum absolute atomic E-state index is 6.06. The number of rotatable bonds is 6. The van der Waals surface area contributed by atoms with Crippen LogP contribution in [0, 0.1) is 13.8 Å². The highest BCUT2D eigenvalue weighted by Gasteiger charge is 2.33. The predicted molar refractivity (Wildman–Crippen MR) is 152 cm³/mol. The van der Waals surface area contributed by atoms with E-state index in [0.29, 0.717) is 12.1 Å². The molecule has 0 saturated carbocycles. The molecule has 1 fully saturated rings. The molecule has 6 rings (SSSR count). The summed E-state index contributed by atoms with van der Waals surface area (Å²) < 4.78 is 11.6. The van der Waals surface area contributed by atoms with E-state index in [9.17, 15) is 0 Å². The average molecular weight is 531 g/mol. The second-order valence-electron chi connectivity index (χ2n) is 10.3. The molecule has 0 aliphatic carbocycles. The van der Waals surface area contributed by atoms with E-state index in [2.05, 4.69) is 56.9 Å². The topological polar surface area (TPSA) is 75.6 Å². The third-order valence-corrected chi connectivity index (χ3v) is 8.70. The maximum atomic E-state index is 6.06. The van der Waals surface area contributed by atoms with Crippen LogP contribution in [-0.4, -0.2) is 63.8 Å². The fourth-order valence-corrected chi connectivity index (χ4v) is 6.80. The smallest absolute Gasteiger partial charge is 0.145 e. The Kier molecular flexibility index (Phi) is 7.01. The summed E-state index contributed by atoms with van der Waals surface area (Å²) in [5, 5.41) is 4.74. The summed E-state index contributed by atoms with van der Waals surface area (Å²) in [6.45, 7) is 14.3. The van der Waals surface area contributed by atoms with Gasteiger partial charge in [0.05, 0.1) is 31.0 Å². The van der Waals surface area contributed by atoms with E-state index in [1.807, 2.05) is 31.2 Å². The number of hydrogen-bond donors (Lipinski definition) is 1. The molecule has 2 unspecified atom stereocenters. The van der Waals surface area contributed by atoms with Gasteiger partial charge >= 0.3 is 0 Å². The first-order valence-electron chi connectivity index (χ1n) is 13.3. The Balaban J connectivity index is 1.24. The summed E-state index contributed by atoms with van der Waals surface area (Å²) in [6, 6.07) is 10.0. The van der Waals surface area contributed by atoms with Crippen molar-refractivity contribution in [3.8, 4) is 11.5 Å². The first-order chi connectivity index (χ1) is 18.5. The van der Waals surface area contributed by atoms with Crippen molar-refractivity contribution in [3.05, 3.63) is 64.6 Å². The fraction of sp³-hybridized carbons (Fsp3) is 0.414. The van der Waals surface area contributed by atoms with Crippen LogP contribution in [0.1, 0.15) is 41.5 Å². The highest BCUT2D eigenvalue weighted by atomic mass is 32.1. The molecule has 0 spiro atoms. The lowest BCUT2D eigenvalue weighted by Gasteiger charge is -2.42. The van der Waals surface area contributed by atoms with Crippen molar-refractivity contribution in [1.82, 2.24) is 24.8 Å². The molecular formula is C29H34N6O2S. The van der Waals surface area contributed by atoms with Crippen LogP contribution in [0.3, 0.4) is 0 Å². The lowest BCUT2D eigenvalue weighted by Crippen LogP contribution is -2.52. The highest BCUT2D eigenvalue weighted by Crippen LogP contribution is 2.43. The monoisotopic (exact) mass is 530 g/mol. The number of pyridine rings is 1. The van der Waals surface area contributed by atoms with Crippen LogP contribution in [0.2, 0.25) is 0 Å². The molecule has 4 aromatic rings. The van der Waals surface area contributed by atoms with Gasteiger partial charge in [-0.05, 0) is 68.1 Å². The number of anilines is 2. The minimum atomic E-state index is 0.391. The second kappa shape index (κ2) is 10.6. The Morgan fingerprint density at radius 3 is 2.68 bits per heavy atom. The summed E-state index contributed by atoms with van der Waals surface area (Å²) in [7, 11) is 0.